The molecule has 1 amide bonds. The van der Waals surface area contributed by atoms with Crippen LogP contribution in [0.3, 0.4) is 0 Å². The van der Waals surface area contributed by atoms with Gasteiger partial charge in [0, 0.05) is 22.7 Å². The Kier molecular flexibility index (Phi) is 2.34. The first-order chi connectivity index (χ1) is 8.75. The maximum absolute atomic E-state index is 11.4. The van der Waals surface area contributed by atoms with Crippen molar-refractivity contribution in [3.63, 3.8) is 0 Å². The summed E-state index contributed by atoms with van der Waals surface area (Å²) in [7, 11) is 0. The molecule has 4 nitrogen and oxygen atoms in total. The Morgan fingerprint density at radius 3 is 2.78 bits per heavy atom. The third-order valence-electron chi connectivity index (χ3n) is 2.87. The molecule has 2 heterocycles. The van der Waals surface area contributed by atoms with Crippen LogP contribution in [0, 0.1) is 0 Å². The number of pyridine rings is 1. The number of aromatic nitrogens is 2. The van der Waals surface area contributed by atoms with E-state index in [1.807, 2.05) is 30.3 Å². The van der Waals surface area contributed by atoms with Crippen LogP contribution in [0.25, 0.3) is 22.3 Å². The lowest BCUT2D eigenvalue weighted by Crippen LogP contribution is -2.10. The SMILES string of the molecule is NC(=O)c1cccc2[nH]c(-c3ccccn3)cc12. The number of hydrogen-bond acceptors (Lipinski definition) is 2. The topological polar surface area (TPSA) is 71.8 Å². The van der Waals surface area contributed by atoms with Crippen molar-refractivity contribution in [3.8, 4) is 11.4 Å². The predicted octanol–water partition coefficient (Wildman–Crippen LogP) is 2.33. The molecule has 88 valence electrons. The highest BCUT2D eigenvalue weighted by Crippen LogP contribution is 2.24. The van der Waals surface area contributed by atoms with Gasteiger partial charge in [-0.15, -0.1) is 0 Å². The zero-order valence-electron chi connectivity index (χ0n) is 9.55. The minimum Gasteiger partial charge on any atom is -0.366 e. The Morgan fingerprint density at radius 2 is 2.06 bits per heavy atom. The quantitative estimate of drug-likeness (QED) is 0.718. The predicted molar refractivity (Wildman–Crippen MR) is 70.0 cm³/mol. The van der Waals surface area contributed by atoms with Gasteiger partial charge in [-0.1, -0.05) is 12.1 Å². The molecule has 0 saturated carbocycles. The molecule has 0 aliphatic carbocycles. The van der Waals surface area contributed by atoms with Gasteiger partial charge in [-0.05, 0) is 30.3 Å². The fourth-order valence-electron chi connectivity index (χ4n) is 2.03. The van der Waals surface area contributed by atoms with E-state index < -0.39 is 5.91 Å². The number of benzene rings is 1. The van der Waals surface area contributed by atoms with Crippen molar-refractivity contribution in [1.82, 2.24) is 9.97 Å². The molecule has 0 saturated heterocycles. The van der Waals surface area contributed by atoms with Crippen LogP contribution in [-0.2, 0) is 0 Å². The molecule has 3 aromatic rings. The molecule has 3 rings (SSSR count). The second-order valence-corrected chi connectivity index (χ2v) is 4.03. The lowest BCUT2D eigenvalue weighted by Gasteiger charge is -1.95. The fraction of sp³-hybridized carbons (Fsp3) is 0. The van der Waals surface area contributed by atoms with Gasteiger partial charge in [-0.2, -0.15) is 0 Å². The summed E-state index contributed by atoms with van der Waals surface area (Å²) in [5.74, 6) is -0.424. The molecule has 4 heteroatoms. The highest BCUT2D eigenvalue weighted by atomic mass is 16.1. The Hall–Kier alpha value is -2.62. The van der Waals surface area contributed by atoms with Gasteiger partial charge in [0.05, 0.1) is 11.4 Å². The van der Waals surface area contributed by atoms with Gasteiger partial charge >= 0.3 is 0 Å². The third-order valence-corrected chi connectivity index (χ3v) is 2.87. The Balaban J connectivity index is 2.23. The van der Waals surface area contributed by atoms with Crippen LogP contribution in [0.4, 0.5) is 0 Å². The van der Waals surface area contributed by atoms with Crippen molar-refractivity contribution in [2.24, 2.45) is 5.73 Å². The molecule has 2 aromatic heterocycles. The lowest BCUT2D eigenvalue weighted by atomic mass is 10.1. The van der Waals surface area contributed by atoms with Crippen LogP contribution in [0.1, 0.15) is 10.4 Å². The summed E-state index contributed by atoms with van der Waals surface area (Å²) in [5, 5.41) is 0.825. The van der Waals surface area contributed by atoms with Crippen LogP contribution in [0.15, 0.2) is 48.7 Å². The summed E-state index contributed by atoms with van der Waals surface area (Å²) < 4.78 is 0. The fourth-order valence-corrected chi connectivity index (χ4v) is 2.03. The maximum atomic E-state index is 11.4. The number of primary amides is 1. The zero-order chi connectivity index (χ0) is 12.5. The Labute approximate surface area is 103 Å². The van der Waals surface area contributed by atoms with Crippen molar-refractivity contribution in [1.29, 1.82) is 0 Å². The van der Waals surface area contributed by atoms with Gasteiger partial charge in [-0.3, -0.25) is 9.78 Å². The van der Waals surface area contributed by atoms with Gasteiger partial charge in [0.15, 0.2) is 0 Å². The van der Waals surface area contributed by atoms with Crippen LogP contribution in [-0.4, -0.2) is 15.9 Å². The first-order valence-corrected chi connectivity index (χ1v) is 5.58. The average molecular weight is 237 g/mol. The molecule has 0 aliphatic rings. The van der Waals surface area contributed by atoms with Crippen LogP contribution in [0.5, 0.6) is 0 Å². The summed E-state index contributed by atoms with van der Waals surface area (Å²) in [4.78, 5) is 18.9. The third kappa shape index (κ3) is 1.64. The largest absolute Gasteiger partial charge is 0.366 e. The normalized spacial score (nSPS) is 10.7. The van der Waals surface area contributed by atoms with Crippen LogP contribution < -0.4 is 5.73 Å². The van der Waals surface area contributed by atoms with E-state index >= 15 is 0 Å². The molecule has 0 radical (unpaired) electrons. The number of hydrogen-bond donors (Lipinski definition) is 2. The molecule has 3 N–H and O–H groups in total. The second-order valence-electron chi connectivity index (χ2n) is 4.03. The van der Waals surface area contributed by atoms with E-state index in [1.54, 1.807) is 18.3 Å². The monoisotopic (exact) mass is 237 g/mol. The molecule has 0 fully saturated rings. The number of aromatic amines is 1. The maximum Gasteiger partial charge on any atom is 0.249 e. The molecule has 0 bridgehead atoms. The average Bonchev–Trinajstić information content (AvgIpc) is 2.83. The standard InChI is InChI=1S/C14H11N3O/c15-14(18)9-4-3-6-11-10(9)8-13(17-11)12-5-1-2-7-16-12/h1-8,17H,(H2,15,18). The number of fused-ring (bicyclic) bond motifs is 1. The summed E-state index contributed by atoms with van der Waals surface area (Å²) in [6.45, 7) is 0. The van der Waals surface area contributed by atoms with Crippen molar-refractivity contribution in [2.45, 2.75) is 0 Å². The number of carbonyl (C=O) groups excluding carboxylic acids is 1. The van der Waals surface area contributed by atoms with Gasteiger partial charge in [0.25, 0.3) is 0 Å². The number of amides is 1. The lowest BCUT2D eigenvalue weighted by molar-refractivity contribution is 0.100. The molecule has 1 aromatic carbocycles. The van der Waals surface area contributed by atoms with E-state index in [1.165, 1.54) is 0 Å². The molecule has 0 spiro atoms. The van der Waals surface area contributed by atoms with E-state index in [9.17, 15) is 4.79 Å². The van der Waals surface area contributed by atoms with Gasteiger partial charge in [0.1, 0.15) is 0 Å². The highest BCUT2D eigenvalue weighted by molar-refractivity contribution is 6.06. The minimum absolute atomic E-state index is 0.424. The van der Waals surface area contributed by atoms with Gasteiger partial charge < -0.3 is 10.7 Å². The Morgan fingerprint density at radius 1 is 1.17 bits per heavy atom. The number of nitrogens with one attached hydrogen (secondary N) is 1. The molecular formula is C14H11N3O. The molecule has 0 unspecified atom stereocenters. The smallest absolute Gasteiger partial charge is 0.249 e. The van der Waals surface area contributed by atoms with Gasteiger partial charge in [0.2, 0.25) is 5.91 Å². The zero-order valence-corrected chi connectivity index (χ0v) is 9.55. The number of nitrogens with zero attached hydrogens (tertiary/aromatic N) is 1. The number of nitrogens with two attached hydrogens (primary N) is 1. The van der Waals surface area contributed by atoms with Crippen LogP contribution >= 0.6 is 0 Å². The van der Waals surface area contributed by atoms with Crippen molar-refractivity contribution in [2.75, 3.05) is 0 Å². The van der Waals surface area contributed by atoms with E-state index in [4.69, 9.17) is 5.73 Å². The van der Waals surface area contributed by atoms with E-state index in [0.717, 1.165) is 22.3 Å². The first kappa shape index (κ1) is 10.5. The molecular weight excluding hydrogens is 226 g/mol. The molecule has 0 atom stereocenters. The van der Waals surface area contributed by atoms with E-state index in [0.29, 0.717) is 5.56 Å². The van der Waals surface area contributed by atoms with Gasteiger partial charge in [-0.25, -0.2) is 0 Å². The van der Waals surface area contributed by atoms with E-state index in [2.05, 4.69) is 9.97 Å². The highest BCUT2D eigenvalue weighted by Gasteiger charge is 2.10. The summed E-state index contributed by atoms with van der Waals surface area (Å²) in [5.41, 5.74) is 8.47. The molecule has 18 heavy (non-hydrogen) atoms. The van der Waals surface area contributed by atoms with E-state index in [-0.39, 0.29) is 0 Å². The number of rotatable bonds is 2. The number of H-pyrrole nitrogens is 1. The summed E-state index contributed by atoms with van der Waals surface area (Å²) in [6.07, 6.45) is 1.73. The second kappa shape index (κ2) is 4.00. The summed E-state index contributed by atoms with van der Waals surface area (Å²) >= 11 is 0. The van der Waals surface area contributed by atoms with Crippen LogP contribution in [0.2, 0.25) is 0 Å². The first-order valence-electron chi connectivity index (χ1n) is 5.58. The van der Waals surface area contributed by atoms with Crippen molar-refractivity contribution < 1.29 is 4.79 Å². The molecule has 0 aliphatic heterocycles. The Bertz CT molecular complexity index is 716. The summed E-state index contributed by atoms with van der Waals surface area (Å²) in [6, 6.07) is 13.0. The van der Waals surface area contributed by atoms with Crippen molar-refractivity contribution >= 4 is 16.8 Å². The minimum atomic E-state index is -0.424. The van der Waals surface area contributed by atoms with Crippen molar-refractivity contribution in [3.05, 3.63) is 54.2 Å². The number of carbonyl (C=O) groups is 1.